The Balaban J connectivity index is 1.77. The van der Waals surface area contributed by atoms with E-state index in [2.05, 4.69) is 55.5 Å². The smallest absolute Gasteiger partial charge is 0.119 e. The third-order valence-electron chi connectivity index (χ3n) is 3.38. The average molecular weight is 238 g/mol. The van der Waals surface area contributed by atoms with Gasteiger partial charge in [0.2, 0.25) is 0 Å². The predicted molar refractivity (Wildman–Crippen MR) is 74.9 cm³/mol. The van der Waals surface area contributed by atoms with Gasteiger partial charge in [-0.05, 0) is 48.1 Å². The number of rotatable bonds is 4. The summed E-state index contributed by atoms with van der Waals surface area (Å²) in [5, 5.41) is 0. The van der Waals surface area contributed by atoms with Crippen molar-refractivity contribution in [2.45, 2.75) is 32.3 Å². The van der Waals surface area contributed by atoms with E-state index >= 15 is 0 Å². The highest BCUT2D eigenvalue weighted by molar-refractivity contribution is 5.64. The molecule has 0 atom stereocenters. The van der Waals surface area contributed by atoms with Crippen LogP contribution in [0.5, 0.6) is 5.75 Å². The molecule has 2 aromatic carbocycles. The second-order valence-electron chi connectivity index (χ2n) is 4.89. The zero-order chi connectivity index (χ0) is 12.4. The van der Waals surface area contributed by atoms with Crippen molar-refractivity contribution in [3.8, 4) is 16.9 Å². The molecule has 1 saturated carbocycles. The summed E-state index contributed by atoms with van der Waals surface area (Å²) < 4.78 is 5.75. The van der Waals surface area contributed by atoms with Crippen LogP contribution in [0.25, 0.3) is 11.1 Å². The van der Waals surface area contributed by atoms with Crippen molar-refractivity contribution in [2.24, 2.45) is 0 Å². The van der Waals surface area contributed by atoms with Crippen molar-refractivity contribution in [3.05, 3.63) is 54.1 Å². The maximum atomic E-state index is 5.75. The van der Waals surface area contributed by atoms with E-state index in [9.17, 15) is 0 Å². The van der Waals surface area contributed by atoms with Gasteiger partial charge in [-0.3, -0.25) is 0 Å². The second kappa shape index (κ2) is 4.85. The highest BCUT2D eigenvalue weighted by Crippen LogP contribution is 2.28. The van der Waals surface area contributed by atoms with Crippen LogP contribution < -0.4 is 4.74 Å². The first kappa shape index (κ1) is 11.3. The molecule has 0 heterocycles. The molecule has 92 valence electrons. The third-order valence-corrected chi connectivity index (χ3v) is 3.38. The van der Waals surface area contributed by atoms with Crippen molar-refractivity contribution in [1.29, 1.82) is 0 Å². The summed E-state index contributed by atoms with van der Waals surface area (Å²) in [5.41, 5.74) is 3.90. The van der Waals surface area contributed by atoms with Crippen molar-refractivity contribution < 1.29 is 4.74 Å². The number of hydrogen-bond acceptors (Lipinski definition) is 1. The first-order chi connectivity index (χ1) is 8.85. The van der Waals surface area contributed by atoms with E-state index in [1.54, 1.807) is 0 Å². The summed E-state index contributed by atoms with van der Waals surface area (Å²) >= 11 is 0. The first-order valence-electron chi connectivity index (χ1n) is 6.71. The summed E-state index contributed by atoms with van der Waals surface area (Å²) in [6.07, 6.45) is 3.98. The normalized spacial score (nSPS) is 14.5. The number of ether oxygens (including phenoxy) is 1. The van der Waals surface area contributed by atoms with Gasteiger partial charge in [-0.25, -0.2) is 0 Å². The molecule has 2 aromatic rings. The van der Waals surface area contributed by atoms with Crippen LogP contribution in [0.4, 0.5) is 0 Å². The molecule has 0 saturated heterocycles. The Labute approximate surface area is 108 Å². The number of aryl methyl sites for hydroxylation is 1. The Kier molecular flexibility index (Phi) is 3.06. The molecule has 1 fully saturated rings. The van der Waals surface area contributed by atoms with Gasteiger partial charge < -0.3 is 4.74 Å². The molecule has 0 aromatic heterocycles. The average Bonchev–Trinajstić information content (AvgIpc) is 3.24. The molecule has 1 nitrogen and oxygen atoms in total. The van der Waals surface area contributed by atoms with Gasteiger partial charge in [0.05, 0.1) is 6.10 Å². The molecule has 3 rings (SSSR count). The van der Waals surface area contributed by atoms with Crippen LogP contribution >= 0.6 is 0 Å². The van der Waals surface area contributed by atoms with Crippen LogP contribution in [-0.4, -0.2) is 6.10 Å². The van der Waals surface area contributed by atoms with Gasteiger partial charge in [0.15, 0.2) is 0 Å². The molecule has 0 N–H and O–H groups in total. The molecule has 0 unspecified atom stereocenters. The minimum absolute atomic E-state index is 0.472. The van der Waals surface area contributed by atoms with E-state index in [4.69, 9.17) is 4.74 Å². The summed E-state index contributed by atoms with van der Waals surface area (Å²) in [6, 6.07) is 17.2. The SMILES string of the molecule is CCc1ccc(-c2ccc(OC3CC3)cc2)cc1. The molecular formula is C17H18O. The van der Waals surface area contributed by atoms with Crippen LogP contribution in [0.15, 0.2) is 48.5 Å². The molecule has 0 bridgehead atoms. The zero-order valence-electron chi connectivity index (χ0n) is 10.7. The monoisotopic (exact) mass is 238 g/mol. The lowest BCUT2D eigenvalue weighted by Gasteiger charge is -2.06. The quantitative estimate of drug-likeness (QED) is 0.764. The van der Waals surface area contributed by atoms with Crippen LogP contribution in [0.1, 0.15) is 25.3 Å². The summed E-state index contributed by atoms with van der Waals surface area (Å²) in [7, 11) is 0. The van der Waals surface area contributed by atoms with E-state index in [1.165, 1.54) is 29.5 Å². The van der Waals surface area contributed by atoms with Crippen LogP contribution in [-0.2, 0) is 6.42 Å². The maximum absolute atomic E-state index is 5.75. The maximum Gasteiger partial charge on any atom is 0.119 e. The highest BCUT2D eigenvalue weighted by Gasteiger charge is 2.23. The van der Waals surface area contributed by atoms with Gasteiger partial charge in [0, 0.05) is 0 Å². The Morgan fingerprint density at radius 1 is 0.889 bits per heavy atom. The van der Waals surface area contributed by atoms with Gasteiger partial charge in [0.1, 0.15) is 5.75 Å². The lowest BCUT2D eigenvalue weighted by atomic mass is 10.0. The zero-order valence-corrected chi connectivity index (χ0v) is 10.7. The highest BCUT2D eigenvalue weighted by atomic mass is 16.5. The molecule has 1 aliphatic carbocycles. The van der Waals surface area contributed by atoms with E-state index in [-0.39, 0.29) is 0 Å². The van der Waals surface area contributed by atoms with E-state index in [1.807, 2.05) is 0 Å². The Hall–Kier alpha value is -1.76. The summed E-state index contributed by atoms with van der Waals surface area (Å²) in [4.78, 5) is 0. The minimum Gasteiger partial charge on any atom is -0.490 e. The standard InChI is InChI=1S/C17H18O/c1-2-13-3-5-14(6-4-13)15-7-9-16(10-8-15)18-17-11-12-17/h3-10,17H,2,11-12H2,1H3. The topological polar surface area (TPSA) is 9.23 Å². The minimum atomic E-state index is 0.472. The van der Waals surface area contributed by atoms with Crippen LogP contribution in [0.3, 0.4) is 0 Å². The van der Waals surface area contributed by atoms with Crippen LogP contribution in [0, 0.1) is 0 Å². The fraction of sp³-hybridized carbons (Fsp3) is 0.294. The predicted octanol–water partition coefficient (Wildman–Crippen LogP) is 4.46. The number of benzene rings is 2. The molecule has 18 heavy (non-hydrogen) atoms. The lowest BCUT2D eigenvalue weighted by Crippen LogP contribution is -1.95. The van der Waals surface area contributed by atoms with E-state index in [0.717, 1.165) is 12.2 Å². The largest absolute Gasteiger partial charge is 0.490 e. The first-order valence-corrected chi connectivity index (χ1v) is 6.71. The molecule has 0 amide bonds. The molecule has 0 spiro atoms. The van der Waals surface area contributed by atoms with Crippen LogP contribution in [0.2, 0.25) is 0 Å². The number of hydrogen-bond donors (Lipinski definition) is 0. The van der Waals surface area contributed by atoms with Crippen molar-refractivity contribution in [1.82, 2.24) is 0 Å². The summed E-state index contributed by atoms with van der Waals surface area (Å²) in [6.45, 7) is 2.18. The molecule has 0 aliphatic heterocycles. The Morgan fingerprint density at radius 3 is 1.94 bits per heavy atom. The van der Waals surface area contributed by atoms with Crippen molar-refractivity contribution >= 4 is 0 Å². The molecule has 1 heteroatoms. The van der Waals surface area contributed by atoms with Gasteiger partial charge in [0.25, 0.3) is 0 Å². The Bertz CT molecular complexity index is 506. The van der Waals surface area contributed by atoms with Gasteiger partial charge in [-0.15, -0.1) is 0 Å². The second-order valence-corrected chi connectivity index (χ2v) is 4.89. The fourth-order valence-electron chi connectivity index (χ4n) is 2.04. The lowest BCUT2D eigenvalue weighted by molar-refractivity contribution is 0.303. The summed E-state index contributed by atoms with van der Waals surface area (Å²) in [5.74, 6) is 0.992. The Morgan fingerprint density at radius 2 is 1.44 bits per heavy atom. The molecule has 1 aliphatic rings. The van der Waals surface area contributed by atoms with E-state index < -0.39 is 0 Å². The van der Waals surface area contributed by atoms with Crippen molar-refractivity contribution in [2.75, 3.05) is 0 Å². The van der Waals surface area contributed by atoms with Gasteiger partial charge in [-0.1, -0.05) is 43.3 Å². The fourth-order valence-corrected chi connectivity index (χ4v) is 2.04. The van der Waals surface area contributed by atoms with Gasteiger partial charge in [-0.2, -0.15) is 0 Å². The molecular weight excluding hydrogens is 220 g/mol. The third kappa shape index (κ3) is 2.56. The van der Waals surface area contributed by atoms with Gasteiger partial charge >= 0.3 is 0 Å². The van der Waals surface area contributed by atoms with Crippen molar-refractivity contribution in [3.63, 3.8) is 0 Å². The molecule has 0 radical (unpaired) electrons. The van der Waals surface area contributed by atoms with E-state index in [0.29, 0.717) is 6.10 Å².